The third-order valence-electron chi connectivity index (χ3n) is 1.14. The summed E-state index contributed by atoms with van der Waals surface area (Å²) in [4.78, 5) is 10.9. The van der Waals surface area contributed by atoms with Gasteiger partial charge in [-0.3, -0.25) is 4.79 Å². The minimum Gasteiger partial charge on any atom is -0.465 e. The number of hydrogen-bond acceptors (Lipinski definition) is 3. The smallest absolute Gasteiger partial charge is 0.326 e. The van der Waals surface area contributed by atoms with E-state index in [0.29, 0.717) is 6.61 Å². The van der Waals surface area contributed by atoms with Crippen LogP contribution in [0.5, 0.6) is 0 Å². The van der Waals surface area contributed by atoms with Crippen molar-refractivity contribution in [3.8, 4) is 0 Å². The number of esters is 1. The average molecular weight is 157 g/mol. The summed E-state index contributed by atoms with van der Waals surface area (Å²) in [6, 6.07) is -0.602. The van der Waals surface area contributed by atoms with E-state index in [2.05, 4.69) is 4.74 Å². The number of carbonyl (C=O) groups excluding carboxylic acids is 1. The maximum Gasteiger partial charge on any atom is 0.326 e. The van der Waals surface area contributed by atoms with Crippen molar-refractivity contribution in [3.63, 3.8) is 0 Å². The molecule has 0 bridgehead atoms. The lowest BCUT2D eigenvalue weighted by molar-refractivity contribution is -0.143. The Hall–Kier alpha value is -0.830. The molecular formula is C8H15NO2. The summed E-state index contributed by atoms with van der Waals surface area (Å²) in [5.74, 6) is -0.364. The van der Waals surface area contributed by atoms with Crippen LogP contribution in [0.2, 0.25) is 0 Å². The van der Waals surface area contributed by atoms with Crippen molar-refractivity contribution >= 4 is 5.97 Å². The van der Waals surface area contributed by atoms with E-state index in [1.54, 1.807) is 13.0 Å². The molecule has 0 aliphatic rings. The minimum absolute atomic E-state index is 0.364. The van der Waals surface area contributed by atoms with Crippen LogP contribution in [0.1, 0.15) is 20.3 Å². The van der Waals surface area contributed by atoms with E-state index in [1.807, 2.05) is 13.0 Å². The molecule has 1 unspecified atom stereocenters. The molecule has 11 heavy (non-hydrogen) atoms. The number of nitrogens with two attached hydrogens (primary N) is 1. The molecule has 3 heteroatoms. The summed E-state index contributed by atoms with van der Waals surface area (Å²) in [5, 5.41) is 0. The molecule has 0 saturated carbocycles. The van der Waals surface area contributed by atoms with E-state index in [9.17, 15) is 4.79 Å². The van der Waals surface area contributed by atoms with Crippen molar-refractivity contribution in [1.29, 1.82) is 0 Å². The average Bonchev–Trinajstić information content (AvgIpc) is 2.00. The van der Waals surface area contributed by atoms with Gasteiger partial charge >= 0.3 is 5.97 Å². The van der Waals surface area contributed by atoms with Crippen molar-refractivity contribution in [2.75, 3.05) is 6.61 Å². The quantitative estimate of drug-likeness (QED) is 0.486. The zero-order chi connectivity index (χ0) is 8.69. The molecule has 0 aromatic rings. The van der Waals surface area contributed by atoms with Gasteiger partial charge in [-0.05, 0) is 13.3 Å². The number of allylic oxidation sites excluding steroid dienone is 1. The Morgan fingerprint density at radius 1 is 1.64 bits per heavy atom. The van der Waals surface area contributed by atoms with E-state index < -0.39 is 6.04 Å². The van der Waals surface area contributed by atoms with Crippen molar-refractivity contribution < 1.29 is 9.53 Å². The molecule has 0 fully saturated rings. The first-order chi connectivity index (χ1) is 5.22. The highest BCUT2D eigenvalue weighted by molar-refractivity contribution is 5.77. The topological polar surface area (TPSA) is 52.3 Å². The Morgan fingerprint density at radius 2 is 2.27 bits per heavy atom. The highest BCUT2D eigenvalue weighted by atomic mass is 16.5. The van der Waals surface area contributed by atoms with Gasteiger partial charge in [0.15, 0.2) is 0 Å². The van der Waals surface area contributed by atoms with Gasteiger partial charge in [-0.25, -0.2) is 0 Å². The zero-order valence-electron chi connectivity index (χ0n) is 7.04. The van der Waals surface area contributed by atoms with Gasteiger partial charge in [-0.2, -0.15) is 0 Å². The Morgan fingerprint density at radius 3 is 2.73 bits per heavy atom. The molecule has 0 aliphatic carbocycles. The molecular weight excluding hydrogens is 142 g/mol. The number of carbonyl (C=O) groups is 1. The van der Waals surface area contributed by atoms with Crippen LogP contribution in [-0.4, -0.2) is 18.6 Å². The fraction of sp³-hybridized carbons (Fsp3) is 0.625. The third-order valence-corrected chi connectivity index (χ3v) is 1.14. The van der Waals surface area contributed by atoms with Gasteiger partial charge in [0.05, 0.1) is 6.61 Å². The summed E-state index contributed by atoms with van der Waals surface area (Å²) in [6.07, 6.45) is 4.38. The summed E-state index contributed by atoms with van der Waals surface area (Å²) in [5.41, 5.74) is 5.43. The van der Waals surface area contributed by atoms with Crippen LogP contribution in [0.3, 0.4) is 0 Å². The van der Waals surface area contributed by atoms with Gasteiger partial charge in [0.1, 0.15) is 6.04 Å². The van der Waals surface area contributed by atoms with Gasteiger partial charge < -0.3 is 10.5 Å². The molecule has 0 aliphatic heterocycles. The normalized spacial score (nSPS) is 13.4. The largest absolute Gasteiger partial charge is 0.465 e. The second-order valence-electron chi connectivity index (χ2n) is 2.11. The molecule has 64 valence electrons. The van der Waals surface area contributed by atoms with E-state index >= 15 is 0 Å². The van der Waals surface area contributed by atoms with E-state index in [1.165, 1.54) is 0 Å². The molecule has 0 radical (unpaired) electrons. The zero-order valence-corrected chi connectivity index (χ0v) is 7.04. The van der Waals surface area contributed by atoms with Crippen LogP contribution >= 0.6 is 0 Å². The van der Waals surface area contributed by atoms with Crippen LogP contribution in [0, 0.1) is 0 Å². The molecule has 0 aromatic heterocycles. The summed E-state index contributed by atoms with van der Waals surface area (Å²) >= 11 is 0. The van der Waals surface area contributed by atoms with E-state index in [4.69, 9.17) is 5.73 Å². The van der Waals surface area contributed by atoms with Crippen LogP contribution in [0.15, 0.2) is 12.2 Å². The van der Waals surface area contributed by atoms with Gasteiger partial charge in [-0.1, -0.05) is 19.1 Å². The van der Waals surface area contributed by atoms with Crippen LogP contribution in [0.4, 0.5) is 0 Å². The minimum atomic E-state index is -0.602. The fourth-order valence-electron chi connectivity index (χ4n) is 0.600. The van der Waals surface area contributed by atoms with Gasteiger partial charge in [0.25, 0.3) is 0 Å². The third kappa shape index (κ3) is 4.56. The van der Waals surface area contributed by atoms with Crippen molar-refractivity contribution in [3.05, 3.63) is 12.2 Å². The lowest BCUT2D eigenvalue weighted by atomic mass is 10.2. The molecule has 0 heterocycles. The SMILES string of the molecule is CC/C=C/C(N)C(=O)OCC. The van der Waals surface area contributed by atoms with Crippen molar-refractivity contribution in [2.24, 2.45) is 5.73 Å². The maximum absolute atomic E-state index is 10.9. The number of ether oxygens (including phenoxy) is 1. The molecule has 3 nitrogen and oxygen atoms in total. The highest BCUT2D eigenvalue weighted by Gasteiger charge is 2.08. The predicted octanol–water partition coefficient (Wildman–Crippen LogP) is 0.843. The van der Waals surface area contributed by atoms with Crippen LogP contribution < -0.4 is 5.73 Å². The van der Waals surface area contributed by atoms with Crippen LogP contribution in [0.25, 0.3) is 0 Å². The van der Waals surface area contributed by atoms with Gasteiger partial charge in [-0.15, -0.1) is 0 Å². The van der Waals surface area contributed by atoms with Gasteiger partial charge in [0, 0.05) is 0 Å². The lowest BCUT2D eigenvalue weighted by Gasteiger charge is -2.04. The van der Waals surface area contributed by atoms with E-state index in [-0.39, 0.29) is 5.97 Å². The summed E-state index contributed by atoms with van der Waals surface area (Å²) in [7, 11) is 0. The maximum atomic E-state index is 10.9. The van der Waals surface area contributed by atoms with E-state index in [0.717, 1.165) is 6.42 Å². The first-order valence-electron chi connectivity index (χ1n) is 3.81. The molecule has 0 rings (SSSR count). The Kier molecular flexibility index (Phi) is 5.47. The van der Waals surface area contributed by atoms with Crippen LogP contribution in [-0.2, 0) is 9.53 Å². The number of hydrogen-bond donors (Lipinski definition) is 1. The molecule has 0 spiro atoms. The van der Waals surface area contributed by atoms with Crippen molar-refractivity contribution in [1.82, 2.24) is 0 Å². The monoisotopic (exact) mass is 157 g/mol. The molecule has 1 atom stereocenters. The number of rotatable bonds is 4. The van der Waals surface area contributed by atoms with Gasteiger partial charge in [0.2, 0.25) is 0 Å². The Bertz CT molecular complexity index is 143. The fourth-order valence-corrected chi connectivity index (χ4v) is 0.600. The lowest BCUT2D eigenvalue weighted by Crippen LogP contribution is -2.30. The first-order valence-corrected chi connectivity index (χ1v) is 3.81. The Labute approximate surface area is 67.2 Å². The first kappa shape index (κ1) is 10.2. The Balaban J connectivity index is 3.72. The summed E-state index contributed by atoms with van der Waals surface area (Å²) < 4.78 is 4.69. The predicted molar refractivity (Wildman–Crippen MR) is 44.0 cm³/mol. The second-order valence-corrected chi connectivity index (χ2v) is 2.11. The standard InChI is InChI=1S/C8H15NO2/c1-3-5-6-7(9)8(10)11-4-2/h5-7H,3-4,9H2,1-2H3/b6-5+. The molecule has 0 aromatic carbocycles. The second kappa shape index (κ2) is 5.92. The molecule has 0 saturated heterocycles. The van der Waals surface area contributed by atoms with Crippen molar-refractivity contribution in [2.45, 2.75) is 26.3 Å². The summed E-state index contributed by atoms with van der Waals surface area (Å²) in [6.45, 7) is 4.12. The molecule has 2 N–H and O–H groups in total. The highest BCUT2D eigenvalue weighted by Crippen LogP contribution is 1.89. The molecule has 0 amide bonds.